The Morgan fingerprint density at radius 2 is 0.638 bits per heavy atom. The lowest BCUT2D eigenvalue weighted by Crippen LogP contribution is -2.46. The van der Waals surface area contributed by atoms with Gasteiger partial charge in [0.15, 0.2) is 0 Å². The minimum absolute atomic E-state index is 0.0300. The molecule has 13 heteroatoms. The zero-order valence-corrected chi connectivity index (χ0v) is 39.2. The van der Waals surface area contributed by atoms with Crippen molar-refractivity contribution in [2.24, 2.45) is 0 Å². The van der Waals surface area contributed by atoms with Gasteiger partial charge in [0.05, 0.1) is 0 Å². The van der Waals surface area contributed by atoms with Crippen molar-refractivity contribution < 1.29 is 26.6 Å². The standard InChI is InChI=1S/C34H78O6S3Si4/c1-7-13-25-35-46(36-26-14-8-2,37-27-15-9-3)33-23-19-21-31-44-42-41-43-45-32-22-20-24-34-47(38-28-16-10-4,39-29-17-11-5)40-30-18-12-6/h7-34,44-45H2,1-6H3. The van der Waals surface area contributed by atoms with Gasteiger partial charge in [-0.1, -0.05) is 118 Å². The first-order valence-electron chi connectivity index (χ1n) is 19.8. The van der Waals surface area contributed by atoms with E-state index in [9.17, 15) is 0 Å². The molecule has 0 amide bonds. The van der Waals surface area contributed by atoms with Crippen LogP contribution in [-0.4, -0.2) is 74.6 Å². The zero-order chi connectivity index (χ0) is 34.6. The molecule has 0 fully saturated rings. The molecule has 0 atom stereocenters. The van der Waals surface area contributed by atoms with Crippen LogP contribution in [0.5, 0.6) is 0 Å². The summed E-state index contributed by atoms with van der Waals surface area (Å²) in [6, 6.07) is 4.85. The Morgan fingerprint density at radius 1 is 0.362 bits per heavy atom. The van der Waals surface area contributed by atoms with E-state index in [4.69, 9.17) is 26.6 Å². The third kappa shape index (κ3) is 29.9. The van der Waals surface area contributed by atoms with E-state index in [1.54, 1.807) is 0 Å². The van der Waals surface area contributed by atoms with Crippen LogP contribution in [0.2, 0.25) is 24.2 Å². The van der Waals surface area contributed by atoms with Crippen LogP contribution in [0.15, 0.2) is 0 Å². The highest BCUT2D eigenvalue weighted by Crippen LogP contribution is 2.34. The van der Waals surface area contributed by atoms with Gasteiger partial charge in [-0.2, -0.15) is 0 Å². The SMILES string of the molecule is CCCCO[Si](CCCCC[SiH2]SSS[SiH2]CCCCC[Si](OCCCC)(OCCCC)OCCCC)(OCCCC)OCCCC. The van der Waals surface area contributed by atoms with E-state index in [0.29, 0.717) is 0 Å². The molecule has 0 aromatic carbocycles. The maximum atomic E-state index is 6.43. The summed E-state index contributed by atoms with van der Waals surface area (Å²) in [6.45, 7) is 18.0. The Balaban J connectivity index is 4.21. The summed E-state index contributed by atoms with van der Waals surface area (Å²) in [5.74, 6) is 0. The molecular formula is C34H78O6S3Si4. The van der Waals surface area contributed by atoms with Gasteiger partial charge < -0.3 is 26.6 Å². The summed E-state index contributed by atoms with van der Waals surface area (Å²) < 4.78 is 38.6. The van der Waals surface area contributed by atoms with Gasteiger partial charge in [-0.3, -0.25) is 0 Å². The number of hydrogen-bond donors (Lipinski definition) is 0. The Kier molecular flexibility index (Phi) is 38.8. The number of hydrogen-bond acceptors (Lipinski definition) is 9. The number of unbranched alkanes of at least 4 members (excludes halogenated alkanes) is 10. The molecule has 0 aliphatic carbocycles. The maximum absolute atomic E-state index is 6.43. The van der Waals surface area contributed by atoms with Crippen molar-refractivity contribution in [2.45, 2.75) is 181 Å². The Labute approximate surface area is 311 Å². The van der Waals surface area contributed by atoms with E-state index in [1.807, 2.05) is 0 Å². The third-order valence-corrected chi connectivity index (χ3v) is 29.1. The quantitative estimate of drug-likeness (QED) is 0.0343. The second kappa shape index (κ2) is 37.4. The van der Waals surface area contributed by atoms with Crippen LogP contribution >= 0.6 is 30.3 Å². The molecular weight excluding hydrogens is 713 g/mol. The molecule has 0 bridgehead atoms. The predicted octanol–water partition coefficient (Wildman–Crippen LogP) is 11.1. The van der Waals surface area contributed by atoms with Crippen molar-refractivity contribution in [1.29, 1.82) is 0 Å². The lowest BCUT2D eigenvalue weighted by atomic mass is 10.3. The molecule has 0 aliphatic heterocycles. The lowest BCUT2D eigenvalue weighted by Gasteiger charge is -2.30. The molecule has 0 radical (unpaired) electrons. The van der Waals surface area contributed by atoms with Gasteiger partial charge in [0.2, 0.25) is 0 Å². The summed E-state index contributed by atoms with van der Waals surface area (Å²) in [6.07, 6.45) is 21.0. The first-order valence-corrected chi connectivity index (χ1v) is 33.0. The predicted molar refractivity (Wildman–Crippen MR) is 223 cm³/mol. The highest BCUT2D eigenvalue weighted by Gasteiger charge is 2.41. The Hall–Kier alpha value is 1.68. The van der Waals surface area contributed by atoms with E-state index in [-0.39, 0.29) is 17.3 Å². The molecule has 47 heavy (non-hydrogen) atoms. The number of rotatable bonds is 40. The van der Waals surface area contributed by atoms with E-state index >= 15 is 0 Å². The second-order valence-electron chi connectivity index (χ2n) is 12.6. The average Bonchev–Trinajstić information content (AvgIpc) is 3.07. The molecule has 284 valence electrons. The molecule has 0 unspecified atom stereocenters. The van der Waals surface area contributed by atoms with Crippen LogP contribution in [0.4, 0.5) is 0 Å². The van der Waals surface area contributed by atoms with Gasteiger partial charge in [-0.25, -0.2) is 0 Å². The van der Waals surface area contributed by atoms with Crippen LogP contribution in [0.25, 0.3) is 0 Å². The minimum Gasteiger partial charge on any atom is -0.373 e. The van der Waals surface area contributed by atoms with Crippen LogP contribution in [0, 0.1) is 0 Å². The smallest absolute Gasteiger partial charge is 0.373 e. The highest BCUT2D eigenvalue weighted by molar-refractivity contribution is 9.17. The molecule has 0 spiro atoms. The van der Waals surface area contributed by atoms with Crippen molar-refractivity contribution >= 4 is 65.3 Å². The highest BCUT2D eigenvalue weighted by atomic mass is 33.6. The van der Waals surface area contributed by atoms with Crippen molar-refractivity contribution in [3.05, 3.63) is 0 Å². The fraction of sp³-hybridized carbons (Fsp3) is 1.00. The van der Waals surface area contributed by atoms with Crippen molar-refractivity contribution in [3.8, 4) is 0 Å². The minimum atomic E-state index is -2.55. The topological polar surface area (TPSA) is 55.4 Å². The van der Waals surface area contributed by atoms with Gasteiger partial charge in [0.1, 0.15) is 17.3 Å². The summed E-state index contributed by atoms with van der Waals surface area (Å²) in [7, 11) is 1.34. The van der Waals surface area contributed by atoms with Crippen molar-refractivity contribution in [2.75, 3.05) is 39.6 Å². The summed E-state index contributed by atoms with van der Waals surface area (Å²) in [5.41, 5.74) is 0. The first-order chi connectivity index (χ1) is 23.1. The lowest BCUT2D eigenvalue weighted by molar-refractivity contribution is 0.0550. The van der Waals surface area contributed by atoms with Crippen LogP contribution in [0.1, 0.15) is 157 Å². The Bertz CT molecular complexity index is 531. The van der Waals surface area contributed by atoms with Gasteiger partial charge in [-0.05, 0) is 61.2 Å². The Morgan fingerprint density at radius 3 is 0.894 bits per heavy atom. The van der Waals surface area contributed by atoms with Crippen LogP contribution in [0.3, 0.4) is 0 Å². The summed E-state index contributed by atoms with van der Waals surface area (Å²) in [4.78, 5) is 0. The second-order valence-corrected chi connectivity index (χ2v) is 30.7. The largest absolute Gasteiger partial charge is 0.500 e. The zero-order valence-electron chi connectivity index (χ0n) is 31.9. The normalized spacial score (nSPS) is 12.9. The molecule has 0 N–H and O–H groups in total. The fourth-order valence-electron chi connectivity index (χ4n) is 4.73. The van der Waals surface area contributed by atoms with Crippen molar-refractivity contribution in [3.63, 3.8) is 0 Å². The third-order valence-electron chi connectivity index (χ3n) is 7.94. The molecule has 0 saturated heterocycles. The summed E-state index contributed by atoms with van der Waals surface area (Å²) >= 11 is 0. The van der Waals surface area contributed by atoms with Gasteiger partial charge in [-0.15, -0.1) is 20.5 Å². The van der Waals surface area contributed by atoms with Gasteiger partial charge in [0, 0.05) is 51.7 Å². The van der Waals surface area contributed by atoms with Crippen LogP contribution in [-0.2, 0) is 26.6 Å². The van der Waals surface area contributed by atoms with Crippen molar-refractivity contribution in [1.82, 2.24) is 0 Å². The summed E-state index contributed by atoms with van der Waals surface area (Å²) in [5, 5.41) is 0. The molecule has 0 aromatic rings. The first kappa shape index (κ1) is 48.7. The van der Waals surface area contributed by atoms with Gasteiger partial charge in [0.25, 0.3) is 0 Å². The van der Waals surface area contributed by atoms with E-state index < -0.39 is 17.6 Å². The monoisotopic (exact) mass is 790 g/mol. The molecule has 0 aliphatic rings. The fourth-order valence-corrected chi connectivity index (χ4v) is 29.3. The van der Waals surface area contributed by atoms with Gasteiger partial charge >= 0.3 is 17.6 Å². The maximum Gasteiger partial charge on any atom is 0.500 e. The van der Waals surface area contributed by atoms with E-state index in [1.165, 1.54) is 50.6 Å². The van der Waals surface area contributed by atoms with E-state index in [0.717, 1.165) is 129 Å². The van der Waals surface area contributed by atoms with Crippen LogP contribution < -0.4 is 0 Å². The molecule has 0 aromatic heterocycles. The molecule has 0 rings (SSSR count). The molecule has 0 heterocycles. The molecule has 6 nitrogen and oxygen atoms in total. The van der Waals surface area contributed by atoms with E-state index in [2.05, 4.69) is 71.9 Å². The molecule has 0 saturated carbocycles. The average molecular weight is 792 g/mol.